The second-order valence-corrected chi connectivity index (χ2v) is 5.75. The van der Waals surface area contributed by atoms with Crippen LogP contribution in [-0.2, 0) is 28.7 Å². The Hall–Kier alpha value is -1.21. The molecule has 1 aliphatic heterocycles. The Morgan fingerprint density at radius 1 is 1.40 bits per heavy atom. The van der Waals surface area contributed by atoms with Gasteiger partial charge in [-0.15, -0.1) is 0 Å². The van der Waals surface area contributed by atoms with Gasteiger partial charge in [-0.05, 0) is 0 Å². The first-order valence-electron chi connectivity index (χ1n) is 4.45. The van der Waals surface area contributed by atoms with Crippen molar-refractivity contribution in [1.82, 2.24) is 15.3 Å². The topological polar surface area (TPSA) is 91.9 Å². The molecule has 0 bridgehead atoms. The molecule has 0 saturated heterocycles. The minimum atomic E-state index is -3.16. The zero-order valence-electron chi connectivity index (χ0n) is 8.20. The second kappa shape index (κ2) is 3.42. The molecule has 1 aromatic heterocycles. The van der Waals surface area contributed by atoms with Gasteiger partial charge in [0.2, 0.25) is 0 Å². The molecule has 0 saturated carbocycles. The first-order valence-corrected chi connectivity index (χ1v) is 6.51. The largest absolute Gasteiger partial charge is 0.309 e. The van der Waals surface area contributed by atoms with E-state index in [1.54, 1.807) is 0 Å². The zero-order valence-corrected chi connectivity index (χ0v) is 9.02. The van der Waals surface area contributed by atoms with Crippen LogP contribution in [-0.4, -0.2) is 24.6 Å². The highest BCUT2D eigenvalue weighted by atomic mass is 32.2. The molecule has 0 fully saturated rings. The summed E-state index contributed by atoms with van der Waals surface area (Å²) in [7, 11) is -3.16. The molecule has 1 aliphatic rings. The average molecular weight is 229 g/mol. The molecule has 0 aliphatic carbocycles. The smallest absolute Gasteiger partial charge is 0.255 e. The van der Waals surface area contributed by atoms with Gasteiger partial charge in [0.1, 0.15) is 11.6 Å². The van der Waals surface area contributed by atoms with Crippen molar-refractivity contribution in [2.75, 3.05) is 6.26 Å². The van der Waals surface area contributed by atoms with Crippen LogP contribution in [0.15, 0.2) is 4.79 Å². The number of nitrogens with zero attached hydrogens (tertiary/aromatic N) is 1. The fourth-order valence-corrected chi connectivity index (χ4v) is 2.18. The molecule has 0 spiro atoms. The summed E-state index contributed by atoms with van der Waals surface area (Å²) in [5, 5.41) is 2.99. The highest BCUT2D eigenvalue weighted by molar-refractivity contribution is 7.89. The predicted octanol–water partition coefficient (Wildman–Crippen LogP) is -1.08. The van der Waals surface area contributed by atoms with Gasteiger partial charge in [-0.1, -0.05) is 0 Å². The van der Waals surface area contributed by atoms with Crippen molar-refractivity contribution >= 4 is 9.84 Å². The van der Waals surface area contributed by atoms with Crippen molar-refractivity contribution in [1.29, 1.82) is 0 Å². The summed E-state index contributed by atoms with van der Waals surface area (Å²) in [6.45, 7) is 1.02. The Balaban J connectivity index is 2.45. The van der Waals surface area contributed by atoms with Gasteiger partial charge >= 0.3 is 0 Å². The lowest BCUT2D eigenvalue weighted by Crippen LogP contribution is -2.19. The van der Waals surface area contributed by atoms with E-state index in [9.17, 15) is 13.2 Å². The van der Waals surface area contributed by atoms with Gasteiger partial charge in [-0.2, -0.15) is 0 Å². The van der Waals surface area contributed by atoms with Crippen LogP contribution in [0, 0.1) is 0 Å². The van der Waals surface area contributed by atoms with E-state index in [0.717, 1.165) is 6.26 Å². The molecule has 1 aromatic rings. The zero-order chi connectivity index (χ0) is 11.1. The quantitative estimate of drug-likeness (QED) is 0.673. The van der Waals surface area contributed by atoms with E-state index in [1.807, 2.05) is 0 Å². The molecule has 2 heterocycles. The Labute approximate surface area is 86.7 Å². The van der Waals surface area contributed by atoms with E-state index < -0.39 is 9.84 Å². The molecule has 2 rings (SSSR count). The first kappa shape index (κ1) is 10.3. The van der Waals surface area contributed by atoms with Crippen LogP contribution in [0.25, 0.3) is 0 Å². The monoisotopic (exact) mass is 229 g/mol. The Morgan fingerprint density at radius 3 is 2.80 bits per heavy atom. The van der Waals surface area contributed by atoms with Crippen LogP contribution in [0.1, 0.15) is 17.1 Å². The summed E-state index contributed by atoms with van der Waals surface area (Å²) in [4.78, 5) is 18.1. The van der Waals surface area contributed by atoms with Gasteiger partial charge in [0.25, 0.3) is 5.56 Å². The molecule has 0 radical (unpaired) electrons. The maximum Gasteiger partial charge on any atom is 0.255 e. The number of sulfone groups is 1. The van der Waals surface area contributed by atoms with Gasteiger partial charge in [0.05, 0.1) is 11.3 Å². The van der Waals surface area contributed by atoms with Crippen LogP contribution >= 0.6 is 0 Å². The van der Waals surface area contributed by atoms with Crippen molar-refractivity contribution in [3.63, 3.8) is 0 Å². The molecule has 82 valence electrons. The van der Waals surface area contributed by atoms with Gasteiger partial charge in [0.15, 0.2) is 9.84 Å². The molecule has 0 unspecified atom stereocenters. The SMILES string of the molecule is CS(=O)(=O)Cc1nc2c(c(=O)[nH]1)CNC2. The fraction of sp³-hybridized carbons (Fsp3) is 0.500. The Bertz CT molecular complexity index is 547. The molecule has 0 amide bonds. The Morgan fingerprint density at radius 2 is 2.13 bits per heavy atom. The van der Waals surface area contributed by atoms with Crippen molar-refractivity contribution < 1.29 is 8.42 Å². The summed E-state index contributed by atoms with van der Waals surface area (Å²) in [5.74, 6) is -0.0138. The van der Waals surface area contributed by atoms with E-state index in [2.05, 4.69) is 15.3 Å². The number of nitrogens with one attached hydrogen (secondary N) is 2. The van der Waals surface area contributed by atoms with Crippen LogP contribution in [0.5, 0.6) is 0 Å². The lowest BCUT2D eigenvalue weighted by Gasteiger charge is -2.01. The number of fused-ring (bicyclic) bond motifs is 1. The lowest BCUT2D eigenvalue weighted by atomic mass is 10.3. The molecule has 0 aromatic carbocycles. The van der Waals surface area contributed by atoms with Crippen LogP contribution in [0.2, 0.25) is 0 Å². The fourth-order valence-electron chi connectivity index (χ4n) is 1.55. The summed E-state index contributed by atoms with van der Waals surface area (Å²) in [6, 6.07) is 0. The van der Waals surface area contributed by atoms with Crippen LogP contribution < -0.4 is 10.9 Å². The van der Waals surface area contributed by atoms with E-state index in [1.165, 1.54) is 0 Å². The van der Waals surface area contributed by atoms with Crippen LogP contribution in [0.3, 0.4) is 0 Å². The highest BCUT2D eigenvalue weighted by Gasteiger charge is 2.17. The van der Waals surface area contributed by atoms with Crippen LogP contribution in [0.4, 0.5) is 0 Å². The minimum absolute atomic E-state index is 0.213. The third-order valence-electron chi connectivity index (χ3n) is 2.14. The number of hydrogen-bond acceptors (Lipinski definition) is 5. The molecule has 15 heavy (non-hydrogen) atoms. The second-order valence-electron chi connectivity index (χ2n) is 3.61. The van der Waals surface area contributed by atoms with Gasteiger partial charge in [0, 0.05) is 19.3 Å². The number of aromatic amines is 1. The van der Waals surface area contributed by atoms with Crippen molar-refractivity contribution in [3.8, 4) is 0 Å². The number of rotatable bonds is 2. The molecular formula is C8H11N3O3S. The molecule has 2 N–H and O–H groups in total. The maximum absolute atomic E-state index is 11.5. The lowest BCUT2D eigenvalue weighted by molar-refractivity contribution is 0.599. The number of aromatic nitrogens is 2. The summed E-state index contributed by atoms with van der Waals surface area (Å²) >= 11 is 0. The number of H-pyrrole nitrogens is 1. The average Bonchev–Trinajstić information content (AvgIpc) is 2.48. The molecule has 0 atom stereocenters. The molecule has 7 heteroatoms. The highest BCUT2D eigenvalue weighted by Crippen LogP contribution is 2.08. The summed E-state index contributed by atoms with van der Waals surface area (Å²) < 4.78 is 22.1. The number of hydrogen-bond donors (Lipinski definition) is 2. The molecular weight excluding hydrogens is 218 g/mol. The van der Waals surface area contributed by atoms with E-state index in [-0.39, 0.29) is 17.1 Å². The van der Waals surface area contributed by atoms with Crippen molar-refractivity contribution in [2.45, 2.75) is 18.8 Å². The summed E-state index contributed by atoms with van der Waals surface area (Å²) in [5.41, 5.74) is 1.01. The maximum atomic E-state index is 11.5. The van der Waals surface area contributed by atoms with Gasteiger partial charge in [-0.3, -0.25) is 4.79 Å². The predicted molar refractivity (Wildman–Crippen MR) is 53.9 cm³/mol. The van der Waals surface area contributed by atoms with E-state index in [4.69, 9.17) is 0 Å². The van der Waals surface area contributed by atoms with E-state index >= 15 is 0 Å². The standard InChI is InChI=1S/C8H11N3O3S/c1-15(13,14)4-7-10-6-3-9-2-5(6)8(12)11-7/h9H,2-4H2,1H3,(H,10,11,12). The Kier molecular flexibility index (Phi) is 2.35. The van der Waals surface area contributed by atoms with E-state index in [0.29, 0.717) is 24.3 Å². The van der Waals surface area contributed by atoms with Crippen molar-refractivity contribution in [3.05, 3.63) is 27.4 Å². The summed E-state index contributed by atoms with van der Waals surface area (Å²) in [6.07, 6.45) is 1.11. The normalized spacial score (nSPS) is 15.3. The minimum Gasteiger partial charge on any atom is -0.309 e. The third kappa shape index (κ3) is 2.24. The van der Waals surface area contributed by atoms with Gasteiger partial charge < -0.3 is 10.3 Å². The van der Waals surface area contributed by atoms with Gasteiger partial charge in [-0.25, -0.2) is 13.4 Å². The third-order valence-corrected chi connectivity index (χ3v) is 2.94. The van der Waals surface area contributed by atoms with Crippen molar-refractivity contribution in [2.24, 2.45) is 0 Å². The molecule has 6 nitrogen and oxygen atoms in total. The first-order chi connectivity index (χ1) is 6.96.